The lowest BCUT2D eigenvalue weighted by Crippen LogP contribution is -2.36. The largest absolute Gasteiger partial charge is 0.478 e. The van der Waals surface area contributed by atoms with Crippen LogP contribution in [0.1, 0.15) is 35.2 Å². The second-order valence-corrected chi connectivity index (χ2v) is 6.31. The zero-order valence-corrected chi connectivity index (χ0v) is 12.7. The van der Waals surface area contributed by atoms with Crippen molar-refractivity contribution in [3.63, 3.8) is 0 Å². The van der Waals surface area contributed by atoms with E-state index in [1.54, 1.807) is 6.07 Å². The third kappa shape index (κ3) is 2.46. The van der Waals surface area contributed by atoms with Crippen LogP contribution >= 0.6 is 0 Å². The molecule has 0 radical (unpaired) electrons. The van der Waals surface area contributed by atoms with E-state index in [1.165, 1.54) is 12.8 Å². The van der Waals surface area contributed by atoms with Crippen LogP contribution < -0.4 is 10.6 Å². The zero-order chi connectivity index (χ0) is 15.1. The number of carboxylic acid groups (broad SMARTS) is 1. The van der Waals surface area contributed by atoms with Crippen molar-refractivity contribution in [3.8, 4) is 0 Å². The molecule has 2 unspecified atom stereocenters. The van der Waals surface area contributed by atoms with Gasteiger partial charge in [0.05, 0.1) is 5.56 Å². The third-order valence-electron chi connectivity index (χ3n) is 5.12. The van der Waals surface area contributed by atoms with Gasteiger partial charge in [0, 0.05) is 36.5 Å². The SMILES string of the molecule is Cc1cc(N2CCC3CCC(C2)N3C)cc(C(=O)O)c1N. The Morgan fingerprint density at radius 1 is 1.29 bits per heavy atom. The van der Waals surface area contributed by atoms with E-state index < -0.39 is 5.97 Å². The number of rotatable bonds is 2. The Morgan fingerprint density at radius 3 is 2.71 bits per heavy atom. The standard InChI is InChI=1S/C16H23N3O2/c1-10-7-13(8-14(15(10)17)16(20)21)19-6-5-11-3-4-12(9-19)18(11)2/h7-8,11-12H,3-6,9,17H2,1-2H3,(H,20,21). The van der Waals surface area contributed by atoms with Crippen molar-refractivity contribution in [2.45, 2.75) is 38.3 Å². The van der Waals surface area contributed by atoms with E-state index in [9.17, 15) is 9.90 Å². The molecule has 2 bridgehead atoms. The smallest absolute Gasteiger partial charge is 0.337 e. The van der Waals surface area contributed by atoms with Crippen molar-refractivity contribution in [2.24, 2.45) is 0 Å². The highest BCUT2D eigenvalue weighted by atomic mass is 16.4. The molecule has 5 heteroatoms. The molecule has 0 aliphatic carbocycles. The van der Waals surface area contributed by atoms with Gasteiger partial charge in [-0.05, 0) is 50.9 Å². The average Bonchev–Trinajstić information content (AvgIpc) is 2.66. The molecular formula is C16H23N3O2. The molecule has 3 N–H and O–H groups in total. The van der Waals surface area contributed by atoms with Crippen molar-refractivity contribution in [1.82, 2.24) is 4.90 Å². The molecule has 2 heterocycles. The predicted molar refractivity (Wildman–Crippen MR) is 84.0 cm³/mol. The van der Waals surface area contributed by atoms with Gasteiger partial charge in [-0.2, -0.15) is 0 Å². The summed E-state index contributed by atoms with van der Waals surface area (Å²) in [6.07, 6.45) is 3.66. The van der Waals surface area contributed by atoms with Gasteiger partial charge in [0.2, 0.25) is 0 Å². The van der Waals surface area contributed by atoms with Crippen LogP contribution in [-0.2, 0) is 0 Å². The summed E-state index contributed by atoms with van der Waals surface area (Å²) in [4.78, 5) is 16.2. The third-order valence-corrected chi connectivity index (χ3v) is 5.12. The number of fused-ring (bicyclic) bond motifs is 2. The average molecular weight is 289 g/mol. The molecule has 0 aromatic heterocycles. The van der Waals surface area contributed by atoms with Crippen LogP contribution in [0.25, 0.3) is 0 Å². The molecule has 2 aliphatic heterocycles. The monoisotopic (exact) mass is 289 g/mol. The molecule has 3 rings (SSSR count). The van der Waals surface area contributed by atoms with Crippen LogP contribution in [0.4, 0.5) is 11.4 Å². The van der Waals surface area contributed by atoms with E-state index in [2.05, 4.69) is 16.8 Å². The number of carboxylic acids is 1. The van der Waals surface area contributed by atoms with Gasteiger partial charge in [0.1, 0.15) is 0 Å². The van der Waals surface area contributed by atoms with Crippen LogP contribution in [0.15, 0.2) is 12.1 Å². The Kier molecular flexibility index (Phi) is 3.53. The summed E-state index contributed by atoms with van der Waals surface area (Å²) in [6, 6.07) is 4.99. The summed E-state index contributed by atoms with van der Waals surface area (Å²) in [7, 11) is 2.21. The number of nitrogen functional groups attached to an aromatic ring is 1. The summed E-state index contributed by atoms with van der Waals surface area (Å²) in [5, 5.41) is 9.31. The number of nitrogens with zero attached hydrogens (tertiary/aromatic N) is 2. The Balaban J connectivity index is 1.92. The van der Waals surface area contributed by atoms with E-state index in [0.717, 1.165) is 30.8 Å². The van der Waals surface area contributed by atoms with Crippen LogP contribution in [0.2, 0.25) is 0 Å². The first kappa shape index (κ1) is 14.2. The van der Waals surface area contributed by atoms with Crippen LogP contribution in [-0.4, -0.2) is 48.2 Å². The molecule has 1 aromatic carbocycles. The molecule has 21 heavy (non-hydrogen) atoms. The predicted octanol–water partition coefficient (Wildman–Crippen LogP) is 1.95. The molecule has 2 fully saturated rings. The summed E-state index contributed by atoms with van der Waals surface area (Å²) in [5.41, 5.74) is 8.30. The summed E-state index contributed by atoms with van der Waals surface area (Å²) >= 11 is 0. The number of carbonyl (C=O) groups is 1. The van der Waals surface area contributed by atoms with Gasteiger partial charge in [0.25, 0.3) is 0 Å². The Labute approximate surface area is 125 Å². The maximum Gasteiger partial charge on any atom is 0.337 e. The highest BCUT2D eigenvalue weighted by Gasteiger charge is 2.34. The number of aromatic carboxylic acids is 1. The molecule has 5 nitrogen and oxygen atoms in total. The maximum atomic E-state index is 11.3. The van der Waals surface area contributed by atoms with Crippen molar-refractivity contribution < 1.29 is 9.90 Å². The van der Waals surface area contributed by atoms with Crippen molar-refractivity contribution in [1.29, 1.82) is 0 Å². The minimum atomic E-state index is -0.953. The van der Waals surface area contributed by atoms with E-state index in [0.29, 0.717) is 17.8 Å². The highest BCUT2D eigenvalue weighted by molar-refractivity contribution is 5.95. The minimum Gasteiger partial charge on any atom is -0.478 e. The number of hydrogen-bond acceptors (Lipinski definition) is 4. The van der Waals surface area contributed by atoms with Crippen LogP contribution in [0.3, 0.4) is 0 Å². The minimum absolute atomic E-state index is 0.216. The van der Waals surface area contributed by atoms with E-state index in [1.807, 2.05) is 13.0 Å². The van der Waals surface area contributed by atoms with Crippen molar-refractivity contribution in [2.75, 3.05) is 30.8 Å². The molecule has 1 aromatic rings. The number of benzene rings is 1. The molecule has 0 spiro atoms. The Bertz CT molecular complexity index is 573. The number of likely N-dealkylation sites (N-methyl/N-ethyl adjacent to an activating group) is 1. The van der Waals surface area contributed by atoms with Gasteiger partial charge in [-0.1, -0.05) is 0 Å². The quantitative estimate of drug-likeness (QED) is 0.814. The number of nitrogens with two attached hydrogens (primary N) is 1. The van der Waals surface area contributed by atoms with Gasteiger partial charge < -0.3 is 15.7 Å². The zero-order valence-electron chi connectivity index (χ0n) is 12.7. The number of hydrogen-bond donors (Lipinski definition) is 2. The molecule has 0 saturated carbocycles. The molecule has 2 aliphatic rings. The normalized spacial score (nSPS) is 25.9. The fourth-order valence-electron chi connectivity index (χ4n) is 3.68. The Hall–Kier alpha value is -1.75. The van der Waals surface area contributed by atoms with Gasteiger partial charge in [0.15, 0.2) is 0 Å². The lowest BCUT2D eigenvalue weighted by atomic mass is 10.0. The Morgan fingerprint density at radius 2 is 2.00 bits per heavy atom. The van der Waals surface area contributed by atoms with E-state index in [4.69, 9.17) is 5.73 Å². The maximum absolute atomic E-state index is 11.3. The first-order valence-electron chi connectivity index (χ1n) is 7.57. The lowest BCUT2D eigenvalue weighted by molar-refractivity contribution is 0.0698. The van der Waals surface area contributed by atoms with Crippen molar-refractivity contribution >= 4 is 17.3 Å². The summed E-state index contributed by atoms with van der Waals surface area (Å²) in [5.74, 6) is -0.953. The molecular weight excluding hydrogens is 266 g/mol. The number of anilines is 2. The second kappa shape index (κ2) is 5.22. The topological polar surface area (TPSA) is 69.8 Å². The van der Waals surface area contributed by atoms with Crippen LogP contribution in [0, 0.1) is 6.92 Å². The fraction of sp³-hybridized carbons (Fsp3) is 0.562. The van der Waals surface area contributed by atoms with Gasteiger partial charge in [-0.3, -0.25) is 4.90 Å². The van der Waals surface area contributed by atoms with Gasteiger partial charge in [-0.15, -0.1) is 0 Å². The molecule has 114 valence electrons. The molecule has 0 amide bonds. The summed E-state index contributed by atoms with van der Waals surface area (Å²) < 4.78 is 0. The van der Waals surface area contributed by atoms with Gasteiger partial charge >= 0.3 is 5.97 Å². The van der Waals surface area contributed by atoms with Crippen LogP contribution in [0.5, 0.6) is 0 Å². The number of aryl methyl sites for hydroxylation is 1. The second-order valence-electron chi connectivity index (χ2n) is 6.31. The first-order chi connectivity index (χ1) is 9.97. The van der Waals surface area contributed by atoms with Gasteiger partial charge in [-0.25, -0.2) is 4.79 Å². The van der Waals surface area contributed by atoms with E-state index >= 15 is 0 Å². The fourth-order valence-corrected chi connectivity index (χ4v) is 3.68. The molecule has 2 atom stereocenters. The van der Waals surface area contributed by atoms with Crippen molar-refractivity contribution in [3.05, 3.63) is 23.3 Å². The first-order valence-corrected chi connectivity index (χ1v) is 7.57. The highest BCUT2D eigenvalue weighted by Crippen LogP contribution is 2.32. The van der Waals surface area contributed by atoms with E-state index in [-0.39, 0.29) is 5.56 Å². The molecule has 2 saturated heterocycles. The lowest BCUT2D eigenvalue weighted by Gasteiger charge is -2.28. The summed E-state index contributed by atoms with van der Waals surface area (Å²) in [6.45, 7) is 3.82.